The van der Waals surface area contributed by atoms with Gasteiger partial charge in [-0.2, -0.15) is 0 Å². The molecule has 1 aliphatic rings. The molecule has 1 aromatic rings. The highest BCUT2D eigenvalue weighted by molar-refractivity contribution is 5.93. The van der Waals surface area contributed by atoms with Crippen molar-refractivity contribution >= 4 is 12.0 Å². The van der Waals surface area contributed by atoms with E-state index in [0.29, 0.717) is 26.1 Å². The van der Waals surface area contributed by atoms with Gasteiger partial charge in [-0.25, -0.2) is 9.69 Å². The summed E-state index contributed by atoms with van der Waals surface area (Å²) < 4.78 is 10.3. The molecule has 0 saturated carbocycles. The van der Waals surface area contributed by atoms with Gasteiger partial charge in [0.1, 0.15) is 6.61 Å². The van der Waals surface area contributed by atoms with E-state index in [1.54, 1.807) is 6.92 Å². The van der Waals surface area contributed by atoms with Gasteiger partial charge in [-0.05, 0) is 18.9 Å². The van der Waals surface area contributed by atoms with Crippen molar-refractivity contribution in [1.82, 2.24) is 4.90 Å². The van der Waals surface area contributed by atoms with Crippen LogP contribution in [0.2, 0.25) is 0 Å². The number of benzene rings is 1. The van der Waals surface area contributed by atoms with Crippen molar-refractivity contribution in [3.05, 3.63) is 48.0 Å². The third-order valence-electron chi connectivity index (χ3n) is 3.37. The van der Waals surface area contributed by atoms with Crippen LogP contribution in [-0.4, -0.2) is 36.2 Å². The summed E-state index contributed by atoms with van der Waals surface area (Å²) in [6.07, 6.45) is 4.14. The number of hydrogen-bond donors (Lipinski definition) is 0. The Kier molecular flexibility index (Phi) is 6.15. The fourth-order valence-electron chi connectivity index (χ4n) is 2.20. The SMILES string of the molecule is CC1COC(=O)N1C(=O)CC/C=C/COCc1ccccc1. The molecule has 1 unspecified atom stereocenters. The summed E-state index contributed by atoms with van der Waals surface area (Å²) in [5, 5.41) is 0. The first-order valence-corrected chi connectivity index (χ1v) is 7.44. The number of nitrogens with zero attached hydrogens (tertiary/aromatic N) is 1. The van der Waals surface area contributed by atoms with Gasteiger partial charge in [-0.3, -0.25) is 4.79 Å². The zero-order valence-electron chi connectivity index (χ0n) is 12.7. The van der Waals surface area contributed by atoms with Crippen LogP contribution in [0.1, 0.15) is 25.3 Å². The molecule has 5 nitrogen and oxygen atoms in total. The molecule has 0 aliphatic carbocycles. The molecule has 0 radical (unpaired) electrons. The summed E-state index contributed by atoms with van der Waals surface area (Å²) in [5.41, 5.74) is 1.13. The molecular formula is C17H21NO4. The maximum atomic E-state index is 11.9. The highest BCUT2D eigenvalue weighted by atomic mass is 16.6. The van der Waals surface area contributed by atoms with Crippen LogP contribution in [0.25, 0.3) is 0 Å². The fourth-order valence-corrected chi connectivity index (χ4v) is 2.20. The molecule has 0 bridgehead atoms. The van der Waals surface area contributed by atoms with Gasteiger partial charge in [0.25, 0.3) is 0 Å². The van der Waals surface area contributed by atoms with Crippen molar-refractivity contribution in [1.29, 1.82) is 0 Å². The van der Waals surface area contributed by atoms with E-state index in [2.05, 4.69) is 0 Å². The van der Waals surface area contributed by atoms with Gasteiger partial charge < -0.3 is 9.47 Å². The topological polar surface area (TPSA) is 55.8 Å². The van der Waals surface area contributed by atoms with E-state index in [-0.39, 0.29) is 18.6 Å². The van der Waals surface area contributed by atoms with Gasteiger partial charge in [-0.1, -0.05) is 42.5 Å². The normalized spacial score (nSPS) is 18.0. The van der Waals surface area contributed by atoms with Gasteiger partial charge in [0.15, 0.2) is 0 Å². The summed E-state index contributed by atoms with van der Waals surface area (Å²) in [7, 11) is 0. The molecule has 22 heavy (non-hydrogen) atoms. The van der Waals surface area contributed by atoms with Crippen LogP contribution in [0.15, 0.2) is 42.5 Å². The van der Waals surface area contributed by atoms with E-state index in [9.17, 15) is 9.59 Å². The summed E-state index contributed by atoms with van der Waals surface area (Å²) >= 11 is 0. The fraction of sp³-hybridized carbons (Fsp3) is 0.412. The minimum absolute atomic E-state index is 0.168. The van der Waals surface area contributed by atoms with Crippen molar-refractivity contribution < 1.29 is 19.1 Å². The van der Waals surface area contributed by atoms with Gasteiger partial charge in [0.05, 0.1) is 19.3 Å². The number of ether oxygens (including phenoxy) is 2. The van der Waals surface area contributed by atoms with Crippen molar-refractivity contribution in [2.24, 2.45) is 0 Å². The second-order valence-electron chi connectivity index (χ2n) is 5.20. The van der Waals surface area contributed by atoms with Crippen LogP contribution >= 0.6 is 0 Å². The number of rotatable bonds is 7. The minimum Gasteiger partial charge on any atom is -0.447 e. The second-order valence-corrected chi connectivity index (χ2v) is 5.20. The quantitative estimate of drug-likeness (QED) is 0.574. The Morgan fingerprint density at radius 3 is 2.82 bits per heavy atom. The van der Waals surface area contributed by atoms with Gasteiger partial charge >= 0.3 is 6.09 Å². The molecule has 1 aromatic carbocycles. The Labute approximate surface area is 130 Å². The second kappa shape index (κ2) is 8.34. The van der Waals surface area contributed by atoms with E-state index < -0.39 is 6.09 Å². The molecule has 1 heterocycles. The summed E-state index contributed by atoms with van der Waals surface area (Å²) in [4.78, 5) is 24.5. The lowest BCUT2D eigenvalue weighted by Gasteiger charge is -2.14. The van der Waals surface area contributed by atoms with E-state index in [1.165, 1.54) is 4.90 Å². The minimum atomic E-state index is -0.535. The summed E-state index contributed by atoms with van der Waals surface area (Å²) in [5.74, 6) is -0.190. The average molecular weight is 303 g/mol. The third kappa shape index (κ3) is 4.70. The molecule has 5 heteroatoms. The molecule has 1 aliphatic heterocycles. The largest absolute Gasteiger partial charge is 0.447 e. The molecular weight excluding hydrogens is 282 g/mol. The molecule has 1 fully saturated rings. The Morgan fingerprint density at radius 1 is 1.36 bits per heavy atom. The summed E-state index contributed by atoms with van der Waals surface area (Å²) in [6, 6.07) is 9.78. The van der Waals surface area contributed by atoms with E-state index >= 15 is 0 Å². The Bertz CT molecular complexity index is 527. The summed E-state index contributed by atoms with van der Waals surface area (Å²) in [6.45, 7) is 3.16. The lowest BCUT2D eigenvalue weighted by Crippen LogP contribution is -2.36. The third-order valence-corrected chi connectivity index (χ3v) is 3.37. The molecule has 1 atom stereocenters. The lowest BCUT2D eigenvalue weighted by atomic mass is 10.2. The number of cyclic esters (lactones) is 1. The predicted octanol–water partition coefficient (Wildman–Crippen LogP) is 2.91. The number of imide groups is 1. The van der Waals surface area contributed by atoms with Crippen molar-refractivity contribution in [3.8, 4) is 0 Å². The number of allylic oxidation sites excluding steroid dienone is 1. The Hall–Kier alpha value is -2.14. The molecule has 1 saturated heterocycles. The van der Waals surface area contributed by atoms with Crippen LogP contribution in [0.3, 0.4) is 0 Å². The number of hydrogen-bond acceptors (Lipinski definition) is 4. The van der Waals surface area contributed by atoms with Crippen LogP contribution < -0.4 is 0 Å². The first-order chi connectivity index (χ1) is 10.7. The molecule has 118 valence electrons. The first kappa shape index (κ1) is 16.2. The van der Waals surface area contributed by atoms with Crippen molar-refractivity contribution in [2.45, 2.75) is 32.4 Å². The smallest absolute Gasteiger partial charge is 0.416 e. The van der Waals surface area contributed by atoms with Gasteiger partial charge in [0, 0.05) is 6.42 Å². The van der Waals surface area contributed by atoms with Crippen LogP contribution in [0.4, 0.5) is 4.79 Å². The number of carbonyl (C=O) groups excluding carboxylic acids is 2. The first-order valence-electron chi connectivity index (χ1n) is 7.44. The Balaban J connectivity index is 1.60. The standard InChI is InChI=1S/C17H21NO4/c1-14-12-22-17(20)18(14)16(19)10-6-3-7-11-21-13-15-8-4-2-5-9-15/h2-5,7-9,14H,6,10-13H2,1H3/b7-3+. The zero-order valence-corrected chi connectivity index (χ0v) is 12.7. The van der Waals surface area contributed by atoms with Crippen LogP contribution in [0, 0.1) is 0 Å². The number of amides is 2. The van der Waals surface area contributed by atoms with E-state index in [4.69, 9.17) is 9.47 Å². The molecule has 0 spiro atoms. The molecule has 0 N–H and O–H groups in total. The predicted molar refractivity (Wildman–Crippen MR) is 82.1 cm³/mol. The lowest BCUT2D eigenvalue weighted by molar-refractivity contribution is -0.128. The maximum Gasteiger partial charge on any atom is 0.416 e. The molecule has 0 aromatic heterocycles. The maximum absolute atomic E-state index is 11.9. The van der Waals surface area contributed by atoms with Crippen molar-refractivity contribution in [3.63, 3.8) is 0 Å². The highest BCUT2D eigenvalue weighted by Gasteiger charge is 2.34. The van der Waals surface area contributed by atoms with E-state index in [0.717, 1.165) is 5.56 Å². The zero-order chi connectivity index (χ0) is 15.8. The van der Waals surface area contributed by atoms with Gasteiger partial charge in [-0.15, -0.1) is 0 Å². The van der Waals surface area contributed by atoms with Gasteiger partial charge in [0.2, 0.25) is 5.91 Å². The number of carbonyl (C=O) groups is 2. The average Bonchev–Trinajstić information content (AvgIpc) is 2.86. The molecule has 2 amide bonds. The monoisotopic (exact) mass is 303 g/mol. The molecule has 2 rings (SSSR count). The highest BCUT2D eigenvalue weighted by Crippen LogP contribution is 2.14. The Morgan fingerprint density at radius 2 is 2.14 bits per heavy atom. The van der Waals surface area contributed by atoms with Crippen molar-refractivity contribution in [2.75, 3.05) is 13.2 Å². The van der Waals surface area contributed by atoms with Crippen LogP contribution in [0.5, 0.6) is 0 Å². The van der Waals surface area contributed by atoms with Crippen LogP contribution in [-0.2, 0) is 20.9 Å². The van der Waals surface area contributed by atoms with E-state index in [1.807, 2.05) is 42.5 Å².